The summed E-state index contributed by atoms with van der Waals surface area (Å²) in [6, 6.07) is 15.1. The van der Waals surface area contributed by atoms with E-state index in [1.54, 1.807) is 54.6 Å². The van der Waals surface area contributed by atoms with Gasteiger partial charge in [-0.3, -0.25) is 14.4 Å². The van der Waals surface area contributed by atoms with Crippen molar-refractivity contribution in [2.24, 2.45) is 5.73 Å². The third-order valence-electron chi connectivity index (χ3n) is 3.47. The van der Waals surface area contributed by atoms with Gasteiger partial charge in [0, 0.05) is 17.1 Å². The fourth-order valence-electron chi connectivity index (χ4n) is 2.35. The van der Waals surface area contributed by atoms with Crippen molar-refractivity contribution in [3.63, 3.8) is 0 Å². The van der Waals surface area contributed by atoms with Gasteiger partial charge in [-0.05, 0) is 29.7 Å². The first kappa shape index (κ1) is 16.3. The van der Waals surface area contributed by atoms with Crippen molar-refractivity contribution in [3.8, 4) is 5.75 Å². The van der Waals surface area contributed by atoms with E-state index in [9.17, 15) is 14.4 Å². The van der Waals surface area contributed by atoms with E-state index in [1.165, 1.54) is 0 Å². The topological polar surface area (TPSA) is 114 Å². The molecule has 3 aromatic rings. The van der Waals surface area contributed by atoms with Crippen molar-refractivity contribution >= 4 is 28.3 Å². The number of ether oxygens (including phenoxy) is 1. The second-order valence-electron chi connectivity index (χ2n) is 5.34. The Morgan fingerprint density at radius 3 is 2.68 bits per heavy atom. The van der Waals surface area contributed by atoms with Crippen molar-refractivity contribution in [2.45, 2.75) is 0 Å². The Kier molecular flexibility index (Phi) is 4.47. The van der Waals surface area contributed by atoms with Crippen LogP contribution >= 0.6 is 0 Å². The largest absolute Gasteiger partial charge is 0.484 e. The van der Waals surface area contributed by atoms with Gasteiger partial charge in [0.2, 0.25) is 0 Å². The number of primary amides is 1. The van der Waals surface area contributed by atoms with Crippen LogP contribution in [0.5, 0.6) is 5.75 Å². The molecule has 7 heteroatoms. The average Bonchev–Trinajstić information content (AvgIpc) is 2.60. The van der Waals surface area contributed by atoms with Crippen LogP contribution in [-0.4, -0.2) is 23.4 Å². The summed E-state index contributed by atoms with van der Waals surface area (Å²) in [6.07, 6.45) is 0. The normalized spacial score (nSPS) is 10.4. The van der Waals surface area contributed by atoms with Crippen LogP contribution in [0.4, 0.5) is 5.69 Å². The fourth-order valence-corrected chi connectivity index (χ4v) is 2.35. The summed E-state index contributed by atoms with van der Waals surface area (Å²) in [7, 11) is 0. The Labute approximate surface area is 142 Å². The Bertz CT molecular complexity index is 1010. The number of aromatic nitrogens is 1. The molecular formula is C18H15N3O4. The number of carbonyl (C=O) groups is 2. The molecule has 7 nitrogen and oxygen atoms in total. The van der Waals surface area contributed by atoms with Crippen LogP contribution in [-0.2, 0) is 4.79 Å². The van der Waals surface area contributed by atoms with Crippen molar-refractivity contribution in [1.82, 2.24) is 4.98 Å². The molecule has 25 heavy (non-hydrogen) atoms. The molecule has 1 aromatic heterocycles. The van der Waals surface area contributed by atoms with Crippen LogP contribution in [0.25, 0.3) is 10.8 Å². The zero-order valence-electron chi connectivity index (χ0n) is 13.1. The lowest BCUT2D eigenvalue weighted by Crippen LogP contribution is -2.20. The fraction of sp³-hybridized carbons (Fsp3) is 0.0556. The number of H-pyrrole nitrogens is 1. The number of hydrogen-bond donors (Lipinski definition) is 3. The number of aromatic amines is 1. The molecule has 0 saturated heterocycles. The molecule has 0 aliphatic heterocycles. The van der Waals surface area contributed by atoms with Gasteiger partial charge in [0.05, 0.1) is 0 Å². The molecule has 0 saturated carbocycles. The molecule has 0 aliphatic rings. The molecule has 2 amide bonds. The predicted molar refractivity (Wildman–Crippen MR) is 93.7 cm³/mol. The zero-order valence-corrected chi connectivity index (χ0v) is 13.1. The van der Waals surface area contributed by atoms with Gasteiger partial charge in [-0.1, -0.05) is 24.3 Å². The summed E-state index contributed by atoms with van der Waals surface area (Å²) in [4.78, 5) is 37.8. The Balaban J connectivity index is 1.82. The van der Waals surface area contributed by atoms with Crippen molar-refractivity contribution in [1.29, 1.82) is 0 Å². The van der Waals surface area contributed by atoms with Gasteiger partial charge in [-0.2, -0.15) is 0 Å². The molecule has 4 N–H and O–H groups in total. The molecule has 0 spiro atoms. The van der Waals surface area contributed by atoms with E-state index in [0.717, 1.165) is 0 Å². The molecule has 0 unspecified atom stereocenters. The molecule has 0 atom stereocenters. The maximum Gasteiger partial charge on any atom is 0.272 e. The predicted octanol–water partition coefficient (Wildman–Crippen LogP) is 1.64. The van der Waals surface area contributed by atoms with Gasteiger partial charge in [0.1, 0.15) is 11.4 Å². The highest BCUT2D eigenvalue weighted by molar-refractivity contribution is 6.04. The second kappa shape index (κ2) is 6.88. The minimum atomic E-state index is -0.594. The van der Waals surface area contributed by atoms with Crippen LogP contribution < -0.4 is 21.3 Å². The van der Waals surface area contributed by atoms with Crippen LogP contribution in [0.1, 0.15) is 10.5 Å². The number of nitrogens with two attached hydrogens (primary N) is 1. The molecule has 3 rings (SSSR count). The maximum absolute atomic E-state index is 12.4. The van der Waals surface area contributed by atoms with E-state index >= 15 is 0 Å². The SMILES string of the molecule is NC(=O)COc1cccc(NC(=O)c2cc3ccccc3c(=O)[nH]2)c1. The van der Waals surface area contributed by atoms with E-state index in [-0.39, 0.29) is 17.9 Å². The standard InChI is InChI=1S/C18H15N3O4/c19-16(22)10-25-13-6-3-5-12(9-13)20-18(24)15-8-11-4-1-2-7-14(11)17(23)21-15/h1-9H,10H2,(H2,19,22)(H,20,24)(H,21,23). The maximum atomic E-state index is 12.4. The van der Waals surface area contributed by atoms with E-state index < -0.39 is 11.8 Å². The van der Waals surface area contributed by atoms with Gasteiger partial charge < -0.3 is 20.8 Å². The minimum absolute atomic E-state index is 0.146. The summed E-state index contributed by atoms with van der Waals surface area (Å²) < 4.78 is 5.19. The molecule has 0 fully saturated rings. The van der Waals surface area contributed by atoms with Crippen molar-refractivity contribution in [2.75, 3.05) is 11.9 Å². The van der Waals surface area contributed by atoms with E-state index in [2.05, 4.69) is 10.3 Å². The number of anilines is 1. The number of nitrogens with one attached hydrogen (secondary N) is 2. The molecular weight excluding hydrogens is 322 g/mol. The van der Waals surface area contributed by atoms with Crippen molar-refractivity contribution < 1.29 is 14.3 Å². The third-order valence-corrected chi connectivity index (χ3v) is 3.47. The first-order valence-corrected chi connectivity index (χ1v) is 7.47. The highest BCUT2D eigenvalue weighted by Crippen LogP contribution is 2.18. The monoisotopic (exact) mass is 337 g/mol. The molecule has 0 aliphatic carbocycles. The summed E-state index contributed by atoms with van der Waals surface area (Å²) in [5, 5.41) is 3.86. The smallest absolute Gasteiger partial charge is 0.272 e. The lowest BCUT2D eigenvalue weighted by molar-refractivity contribution is -0.119. The first-order valence-electron chi connectivity index (χ1n) is 7.47. The third kappa shape index (κ3) is 3.84. The minimum Gasteiger partial charge on any atom is -0.484 e. The number of rotatable bonds is 5. The van der Waals surface area contributed by atoms with E-state index in [1.807, 2.05) is 0 Å². The Morgan fingerprint density at radius 1 is 1.08 bits per heavy atom. The van der Waals surface area contributed by atoms with E-state index in [0.29, 0.717) is 22.2 Å². The number of hydrogen-bond acceptors (Lipinski definition) is 4. The first-order chi connectivity index (χ1) is 12.0. The highest BCUT2D eigenvalue weighted by Gasteiger charge is 2.10. The highest BCUT2D eigenvalue weighted by atomic mass is 16.5. The lowest BCUT2D eigenvalue weighted by Gasteiger charge is -2.08. The van der Waals surface area contributed by atoms with Gasteiger partial charge in [0.15, 0.2) is 6.61 Å². The van der Waals surface area contributed by atoms with Crippen molar-refractivity contribution in [3.05, 3.63) is 70.6 Å². The van der Waals surface area contributed by atoms with Gasteiger partial charge in [-0.25, -0.2) is 0 Å². The number of pyridine rings is 1. The molecule has 126 valence electrons. The van der Waals surface area contributed by atoms with Crippen LogP contribution in [0, 0.1) is 0 Å². The lowest BCUT2D eigenvalue weighted by atomic mass is 10.1. The summed E-state index contributed by atoms with van der Waals surface area (Å²) in [5.41, 5.74) is 5.30. The van der Waals surface area contributed by atoms with Gasteiger partial charge in [0.25, 0.3) is 17.4 Å². The molecule has 0 bridgehead atoms. The second-order valence-corrected chi connectivity index (χ2v) is 5.34. The molecule has 0 radical (unpaired) electrons. The Morgan fingerprint density at radius 2 is 1.88 bits per heavy atom. The molecule has 1 heterocycles. The van der Waals surface area contributed by atoms with Gasteiger partial charge in [-0.15, -0.1) is 0 Å². The van der Waals surface area contributed by atoms with Crippen LogP contribution in [0.2, 0.25) is 0 Å². The number of fused-ring (bicyclic) bond motifs is 1. The quantitative estimate of drug-likeness (QED) is 0.656. The zero-order chi connectivity index (χ0) is 17.8. The summed E-state index contributed by atoms with van der Waals surface area (Å²) in [5.74, 6) is -0.665. The van der Waals surface area contributed by atoms with Gasteiger partial charge >= 0.3 is 0 Å². The number of carbonyl (C=O) groups excluding carboxylic acids is 2. The average molecular weight is 337 g/mol. The molecule has 2 aromatic carbocycles. The number of benzene rings is 2. The Hall–Kier alpha value is -3.61. The summed E-state index contributed by atoms with van der Waals surface area (Å²) in [6.45, 7) is -0.255. The van der Waals surface area contributed by atoms with E-state index in [4.69, 9.17) is 10.5 Å². The van der Waals surface area contributed by atoms with Crippen LogP contribution in [0.3, 0.4) is 0 Å². The van der Waals surface area contributed by atoms with Crippen LogP contribution in [0.15, 0.2) is 59.4 Å². The number of amides is 2. The summed E-state index contributed by atoms with van der Waals surface area (Å²) >= 11 is 0.